The van der Waals surface area contributed by atoms with Gasteiger partial charge >= 0.3 is 0 Å². The fourth-order valence-corrected chi connectivity index (χ4v) is 4.51. The van der Waals surface area contributed by atoms with E-state index in [4.69, 9.17) is 4.74 Å². The lowest BCUT2D eigenvalue weighted by molar-refractivity contribution is 0.338. The highest BCUT2D eigenvalue weighted by Crippen LogP contribution is 2.35. The summed E-state index contributed by atoms with van der Waals surface area (Å²) in [5.74, 6) is -0.893. The zero-order valence-electron chi connectivity index (χ0n) is 19.1. The first-order valence-corrected chi connectivity index (χ1v) is 11.6. The van der Waals surface area contributed by atoms with E-state index in [-0.39, 0.29) is 5.82 Å². The van der Waals surface area contributed by atoms with Crippen LogP contribution in [0.2, 0.25) is 0 Å². The second kappa shape index (κ2) is 10.3. The molecule has 0 aliphatic heterocycles. The van der Waals surface area contributed by atoms with E-state index < -0.39 is 11.6 Å². The van der Waals surface area contributed by atoms with Crippen LogP contribution in [-0.2, 0) is 6.42 Å². The molecule has 0 saturated carbocycles. The van der Waals surface area contributed by atoms with Gasteiger partial charge in [-0.3, -0.25) is 0 Å². The van der Waals surface area contributed by atoms with Crippen LogP contribution in [0.3, 0.4) is 0 Å². The molecule has 1 aliphatic rings. The third-order valence-corrected chi connectivity index (χ3v) is 6.46. The fraction of sp³-hybridized carbons (Fsp3) is 0.310. The van der Waals surface area contributed by atoms with Crippen molar-refractivity contribution in [1.82, 2.24) is 0 Å². The van der Waals surface area contributed by atoms with E-state index in [0.29, 0.717) is 46.9 Å². The van der Waals surface area contributed by atoms with Gasteiger partial charge in [0.1, 0.15) is 11.6 Å². The van der Waals surface area contributed by atoms with Crippen molar-refractivity contribution in [2.75, 3.05) is 6.61 Å². The molecule has 3 aromatic rings. The molecule has 4 heteroatoms. The molecule has 4 rings (SSSR count). The Bertz CT molecular complexity index is 1150. The highest BCUT2D eigenvalue weighted by atomic mass is 19.2. The molecule has 1 atom stereocenters. The molecule has 0 heterocycles. The highest BCUT2D eigenvalue weighted by Gasteiger charge is 2.20. The van der Waals surface area contributed by atoms with Crippen LogP contribution in [0, 0.1) is 30.3 Å². The summed E-state index contributed by atoms with van der Waals surface area (Å²) in [6, 6.07) is 15.8. The Morgan fingerprint density at radius 3 is 2.33 bits per heavy atom. The number of aryl methyl sites for hydroxylation is 2. The average molecular weight is 451 g/mol. The smallest absolute Gasteiger partial charge is 0.166 e. The van der Waals surface area contributed by atoms with Crippen LogP contribution >= 0.6 is 0 Å². The SMILES string of the molecule is CCOc1ccc(C2=CCC(CCc3ccc(-c4ccc(C)cc4)c(F)c3F)CC2)c(F)c1. The summed E-state index contributed by atoms with van der Waals surface area (Å²) < 4.78 is 49.3. The molecule has 0 radical (unpaired) electrons. The monoisotopic (exact) mass is 450 g/mol. The quantitative estimate of drug-likeness (QED) is 0.352. The fourth-order valence-electron chi connectivity index (χ4n) is 4.51. The number of hydrogen-bond donors (Lipinski definition) is 0. The lowest BCUT2D eigenvalue weighted by Gasteiger charge is -2.23. The standard InChI is InChI=1S/C29H29F3O/c1-3-33-24-15-17-25(27(30)18-24)21-11-6-20(7-12-21)8-13-23-14-16-26(29(32)28(23)31)22-9-4-19(2)5-10-22/h4-5,9-11,14-18,20H,3,6-8,12-13H2,1-2H3. The molecule has 172 valence electrons. The summed E-state index contributed by atoms with van der Waals surface area (Å²) in [6.45, 7) is 4.33. The summed E-state index contributed by atoms with van der Waals surface area (Å²) in [5.41, 5.74) is 4.08. The molecular weight excluding hydrogens is 421 g/mol. The van der Waals surface area contributed by atoms with Gasteiger partial charge in [-0.05, 0) is 80.7 Å². The number of benzene rings is 3. The van der Waals surface area contributed by atoms with Crippen LogP contribution in [0.25, 0.3) is 16.7 Å². The van der Waals surface area contributed by atoms with Crippen molar-refractivity contribution in [2.45, 2.75) is 46.0 Å². The highest BCUT2D eigenvalue weighted by molar-refractivity contribution is 5.67. The van der Waals surface area contributed by atoms with Crippen LogP contribution in [-0.4, -0.2) is 6.61 Å². The molecule has 0 amide bonds. The molecule has 0 spiro atoms. The molecule has 0 fully saturated rings. The Morgan fingerprint density at radius 1 is 0.909 bits per heavy atom. The molecule has 0 N–H and O–H groups in total. The van der Waals surface area contributed by atoms with Gasteiger partial charge in [0.15, 0.2) is 11.6 Å². The summed E-state index contributed by atoms with van der Waals surface area (Å²) in [7, 11) is 0. The van der Waals surface area contributed by atoms with E-state index >= 15 is 0 Å². The van der Waals surface area contributed by atoms with Crippen LogP contribution in [0.5, 0.6) is 5.75 Å². The van der Waals surface area contributed by atoms with Crippen molar-refractivity contribution >= 4 is 5.57 Å². The molecule has 0 bridgehead atoms. The van der Waals surface area contributed by atoms with Crippen LogP contribution in [0.4, 0.5) is 13.2 Å². The van der Waals surface area contributed by atoms with Crippen molar-refractivity contribution in [3.05, 3.63) is 94.8 Å². The Balaban J connectivity index is 1.39. The number of allylic oxidation sites excluding steroid dienone is 2. The predicted octanol–water partition coefficient (Wildman–Crippen LogP) is 8.29. The van der Waals surface area contributed by atoms with Gasteiger partial charge in [0.25, 0.3) is 0 Å². The van der Waals surface area contributed by atoms with Gasteiger partial charge in [-0.1, -0.05) is 48.0 Å². The normalized spacial score (nSPS) is 15.9. The molecule has 1 aliphatic carbocycles. The summed E-state index contributed by atoms with van der Waals surface area (Å²) >= 11 is 0. The number of hydrogen-bond acceptors (Lipinski definition) is 1. The van der Waals surface area contributed by atoms with Crippen LogP contribution in [0.1, 0.15) is 49.3 Å². The van der Waals surface area contributed by atoms with Crippen molar-refractivity contribution in [3.63, 3.8) is 0 Å². The van der Waals surface area contributed by atoms with Crippen molar-refractivity contribution < 1.29 is 17.9 Å². The first-order chi connectivity index (χ1) is 16.0. The maximum atomic E-state index is 14.8. The maximum Gasteiger partial charge on any atom is 0.166 e. The van der Waals surface area contributed by atoms with E-state index in [9.17, 15) is 13.2 Å². The zero-order valence-corrected chi connectivity index (χ0v) is 19.1. The zero-order chi connectivity index (χ0) is 23.4. The molecule has 33 heavy (non-hydrogen) atoms. The van der Waals surface area contributed by atoms with Gasteiger partial charge in [0.2, 0.25) is 0 Å². The second-order valence-electron chi connectivity index (χ2n) is 8.75. The van der Waals surface area contributed by atoms with Crippen molar-refractivity contribution in [1.29, 1.82) is 0 Å². The van der Waals surface area contributed by atoms with E-state index in [2.05, 4.69) is 6.08 Å². The predicted molar refractivity (Wildman–Crippen MR) is 128 cm³/mol. The Labute approximate surface area is 193 Å². The lowest BCUT2D eigenvalue weighted by atomic mass is 9.83. The average Bonchev–Trinajstić information content (AvgIpc) is 2.82. The maximum absolute atomic E-state index is 14.8. The second-order valence-corrected chi connectivity index (χ2v) is 8.75. The van der Waals surface area contributed by atoms with Gasteiger partial charge in [-0.15, -0.1) is 0 Å². The third kappa shape index (κ3) is 5.32. The van der Waals surface area contributed by atoms with E-state index in [0.717, 1.165) is 36.8 Å². The Hall–Kier alpha value is -3.01. The van der Waals surface area contributed by atoms with E-state index in [1.54, 1.807) is 24.3 Å². The molecule has 0 aromatic heterocycles. The van der Waals surface area contributed by atoms with E-state index in [1.165, 1.54) is 6.07 Å². The number of rotatable bonds is 7. The molecule has 3 aromatic carbocycles. The van der Waals surface area contributed by atoms with Gasteiger partial charge in [-0.25, -0.2) is 13.2 Å². The van der Waals surface area contributed by atoms with E-state index in [1.807, 2.05) is 38.1 Å². The summed E-state index contributed by atoms with van der Waals surface area (Å²) in [4.78, 5) is 0. The first-order valence-electron chi connectivity index (χ1n) is 11.6. The minimum atomic E-state index is -0.784. The van der Waals surface area contributed by atoms with Crippen molar-refractivity contribution in [2.24, 2.45) is 5.92 Å². The van der Waals surface area contributed by atoms with Gasteiger partial charge in [-0.2, -0.15) is 0 Å². The number of ether oxygens (including phenoxy) is 1. The summed E-state index contributed by atoms with van der Waals surface area (Å²) in [5, 5.41) is 0. The molecular formula is C29H29F3O. The minimum absolute atomic E-state index is 0.267. The first kappa shape index (κ1) is 23.2. The minimum Gasteiger partial charge on any atom is -0.494 e. The lowest BCUT2D eigenvalue weighted by Crippen LogP contribution is -2.08. The largest absolute Gasteiger partial charge is 0.494 e. The van der Waals surface area contributed by atoms with Gasteiger partial charge in [0.05, 0.1) is 6.61 Å². The summed E-state index contributed by atoms with van der Waals surface area (Å²) in [6.07, 6.45) is 5.85. The molecule has 1 nitrogen and oxygen atoms in total. The van der Waals surface area contributed by atoms with Gasteiger partial charge < -0.3 is 4.74 Å². The number of halogens is 3. The molecule has 1 unspecified atom stereocenters. The Morgan fingerprint density at radius 2 is 1.67 bits per heavy atom. The van der Waals surface area contributed by atoms with Crippen LogP contribution < -0.4 is 4.74 Å². The van der Waals surface area contributed by atoms with Gasteiger partial charge in [0, 0.05) is 17.2 Å². The third-order valence-electron chi connectivity index (χ3n) is 6.46. The molecule has 0 saturated heterocycles. The van der Waals surface area contributed by atoms with Crippen molar-refractivity contribution in [3.8, 4) is 16.9 Å². The topological polar surface area (TPSA) is 9.23 Å². The Kier molecular flexibility index (Phi) is 7.22. The van der Waals surface area contributed by atoms with Crippen LogP contribution in [0.15, 0.2) is 60.7 Å².